The van der Waals surface area contributed by atoms with Crippen molar-refractivity contribution in [3.63, 3.8) is 0 Å². The number of amidine groups is 1. The molecule has 4 N–H and O–H groups in total. The maximum absolute atomic E-state index is 14.0. The summed E-state index contributed by atoms with van der Waals surface area (Å²) in [4.78, 5) is 16.1. The van der Waals surface area contributed by atoms with Crippen LogP contribution in [0.3, 0.4) is 0 Å². The maximum atomic E-state index is 14.0. The van der Waals surface area contributed by atoms with Crippen LogP contribution in [0, 0.1) is 5.82 Å². The quantitative estimate of drug-likeness (QED) is 0.351. The van der Waals surface area contributed by atoms with E-state index in [-0.39, 0.29) is 18.2 Å². The Hall–Kier alpha value is -3.33. The summed E-state index contributed by atoms with van der Waals surface area (Å²) in [5, 5.41) is 18.6. The van der Waals surface area contributed by atoms with E-state index in [1.54, 1.807) is 36.5 Å². The van der Waals surface area contributed by atoms with Gasteiger partial charge in [-0.15, -0.1) is 0 Å². The lowest BCUT2D eigenvalue weighted by molar-refractivity contribution is -0.131. The van der Waals surface area contributed by atoms with Gasteiger partial charge in [-0.05, 0) is 31.0 Å². The number of rotatable bonds is 5. The van der Waals surface area contributed by atoms with Crippen LogP contribution in [-0.4, -0.2) is 37.2 Å². The Morgan fingerprint density at radius 1 is 1.33 bits per heavy atom. The second-order valence-electron chi connectivity index (χ2n) is 6.44. The van der Waals surface area contributed by atoms with Crippen molar-refractivity contribution in [1.82, 2.24) is 20.2 Å². The number of fused-ring (bicyclic) bond motifs is 1. The molecule has 3 aromatic rings. The number of nitrogens with two attached hydrogens (primary N) is 1. The van der Waals surface area contributed by atoms with Gasteiger partial charge in [-0.3, -0.25) is 4.79 Å². The van der Waals surface area contributed by atoms with Gasteiger partial charge in [-0.25, -0.2) is 19.5 Å². The van der Waals surface area contributed by atoms with Gasteiger partial charge < -0.3 is 10.8 Å². The lowest BCUT2D eigenvalue weighted by Gasteiger charge is -2.05. The third-order valence-corrected chi connectivity index (χ3v) is 4.45. The number of carbonyl (C=O) groups is 1. The zero-order valence-corrected chi connectivity index (χ0v) is 14.3. The Morgan fingerprint density at radius 3 is 2.85 bits per heavy atom. The molecule has 0 aliphatic heterocycles. The molecule has 1 saturated carbocycles. The van der Waals surface area contributed by atoms with Crippen LogP contribution in [0.4, 0.5) is 4.39 Å². The molecule has 27 heavy (non-hydrogen) atoms. The molecular formula is C18H17FN6O2. The summed E-state index contributed by atoms with van der Waals surface area (Å²) in [6, 6.07) is 9.89. The number of aliphatic hydroxyl groups is 1. The molecule has 0 unspecified atom stereocenters. The number of nitrogens with one attached hydrogen (secondary N) is 1. The van der Waals surface area contributed by atoms with Gasteiger partial charge in [0.25, 0.3) is 5.91 Å². The third kappa shape index (κ3) is 3.24. The van der Waals surface area contributed by atoms with Crippen molar-refractivity contribution >= 4 is 22.8 Å². The van der Waals surface area contributed by atoms with Gasteiger partial charge in [0, 0.05) is 11.8 Å². The predicted molar refractivity (Wildman–Crippen MR) is 96.1 cm³/mol. The van der Waals surface area contributed by atoms with Crippen molar-refractivity contribution in [2.24, 2.45) is 10.8 Å². The van der Waals surface area contributed by atoms with Crippen molar-refractivity contribution in [2.45, 2.75) is 25.0 Å². The topological polar surface area (TPSA) is 118 Å². The van der Waals surface area contributed by atoms with Crippen LogP contribution < -0.4 is 11.2 Å². The number of amides is 1. The number of benzene rings is 1. The van der Waals surface area contributed by atoms with E-state index in [9.17, 15) is 14.3 Å². The van der Waals surface area contributed by atoms with Crippen molar-refractivity contribution < 1.29 is 14.3 Å². The minimum Gasteiger partial charge on any atom is -0.380 e. The van der Waals surface area contributed by atoms with Crippen LogP contribution in [0.25, 0.3) is 11.0 Å². The molecule has 0 atom stereocenters. The zero-order chi connectivity index (χ0) is 19.0. The van der Waals surface area contributed by atoms with E-state index in [4.69, 9.17) is 5.73 Å². The number of carbonyl (C=O) groups excluding carboxylic acids is 1. The predicted octanol–water partition coefficient (Wildman–Crippen LogP) is 0.880. The molecule has 0 spiro atoms. The minimum atomic E-state index is -1.35. The van der Waals surface area contributed by atoms with Crippen molar-refractivity contribution in [1.29, 1.82) is 0 Å². The zero-order valence-electron chi connectivity index (χ0n) is 14.3. The second kappa shape index (κ2) is 6.44. The third-order valence-electron chi connectivity index (χ3n) is 4.45. The van der Waals surface area contributed by atoms with Crippen LogP contribution in [0.15, 0.2) is 47.7 Å². The SMILES string of the molecule is NC(=NNC(=O)C1(O)CC1)c1nn(Cc2ccccc2F)c2ncccc12. The number of nitrogens with zero attached hydrogens (tertiary/aromatic N) is 4. The molecule has 0 bridgehead atoms. The summed E-state index contributed by atoms with van der Waals surface area (Å²) in [7, 11) is 0. The van der Waals surface area contributed by atoms with Gasteiger partial charge in [0.15, 0.2) is 11.5 Å². The van der Waals surface area contributed by atoms with Gasteiger partial charge in [0.1, 0.15) is 17.1 Å². The fraction of sp³-hybridized carbons (Fsp3) is 0.222. The van der Waals surface area contributed by atoms with Gasteiger partial charge >= 0.3 is 0 Å². The first-order valence-corrected chi connectivity index (χ1v) is 8.39. The molecule has 2 aromatic heterocycles. The molecule has 0 saturated heterocycles. The van der Waals surface area contributed by atoms with Crippen LogP contribution >= 0.6 is 0 Å². The molecule has 4 rings (SSSR count). The fourth-order valence-corrected chi connectivity index (χ4v) is 2.71. The number of hydrogen-bond acceptors (Lipinski definition) is 5. The lowest BCUT2D eigenvalue weighted by atomic mass is 10.2. The number of pyridine rings is 1. The van der Waals surface area contributed by atoms with Crippen LogP contribution in [0.2, 0.25) is 0 Å². The van der Waals surface area contributed by atoms with Crippen LogP contribution in [0.1, 0.15) is 24.1 Å². The van der Waals surface area contributed by atoms with Gasteiger partial charge in [0.2, 0.25) is 0 Å². The first kappa shape index (κ1) is 17.1. The molecular weight excluding hydrogens is 351 g/mol. The van der Waals surface area contributed by atoms with E-state index in [2.05, 4.69) is 20.6 Å². The van der Waals surface area contributed by atoms with Gasteiger partial charge in [0.05, 0.1) is 11.9 Å². The molecule has 1 amide bonds. The molecule has 8 nitrogen and oxygen atoms in total. The second-order valence-corrected chi connectivity index (χ2v) is 6.44. The Balaban J connectivity index is 1.67. The highest BCUT2D eigenvalue weighted by molar-refractivity contribution is 6.06. The van der Waals surface area contributed by atoms with E-state index in [1.807, 2.05) is 0 Å². The summed E-state index contributed by atoms with van der Waals surface area (Å²) in [5.74, 6) is -0.971. The molecule has 138 valence electrons. The maximum Gasteiger partial charge on any atom is 0.272 e. The smallest absolute Gasteiger partial charge is 0.272 e. The molecule has 1 aliphatic carbocycles. The Bertz CT molecular complexity index is 1060. The minimum absolute atomic E-state index is 0.0297. The first-order chi connectivity index (χ1) is 13.0. The molecule has 9 heteroatoms. The fourth-order valence-electron chi connectivity index (χ4n) is 2.71. The molecule has 2 heterocycles. The van der Waals surface area contributed by atoms with Crippen molar-refractivity contribution in [3.05, 3.63) is 59.7 Å². The Kier molecular flexibility index (Phi) is 4.08. The first-order valence-electron chi connectivity index (χ1n) is 8.39. The van der Waals surface area contributed by atoms with E-state index in [1.165, 1.54) is 10.7 Å². The van der Waals surface area contributed by atoms with Gasteiger partial charge in [-0.2, -0.15) is 10.2 Å². The summed E-state index contributed by atoms with van der Waals surface area (Å²) >= 11 is 0. The average molecular weight is 368 g/mol. The number of hydrogen-bond donors (Lipinski definition) is 3. The lowest BCUT2D eigenvalue weighted by Crippen LogP contribution is -2.34. The summed E-state index contributed by atoms with van der Waals surface area (Å²) < 4.78 is 15.5. The number of aromatic nitrogens is 3. The summed E-state index contributed by atoms with van der Waals surface area (Å²) in [6.07, 6.45) is 2.40. The van der Waals surface area contributed by atoms with Gasteiger partial charge in [-0.1, -0.05) is 18.2 Å². The number of halogens is 1. The highest BCUT2D eigenvalue weighted by Crippen LogP contribution is 2.34. The van der Waals surface area contributed by atoms with E-state index >= 15 is 0 Å². The molecule has 1 aliphatic rings. The van der Waals surface area contributed by atoms with E-state index in [0.29, 0.717) is 35.1 Å². The highest BCUT2D eigenvalue weighted by atomic mass is 19.1. The number of hydrazone groups is 1. The average Bonchev–Trinajstić information content (AvgIpc) is 3.33. The van der Waals surface area contributed by atoms with Crippen molar-refractivity contribution in [3.8, 4) is 0 Å². The molecule has 1 fully saturated rings. The standard InChI is InChI=1S/C18H17FN6O2/c19-13-6-2-1-4-11(13)10-25-16-12(5-3-9-21-16)14(24-25)15(20)22-23-17(26)18(27)7-8-18/h1-6,9,27H,7-8,10H2,(H2,20,22)(H,23,26). The van der Waals surface area contributed by atoms with Crippen molar-refractivity contribution in [2.75, 3.05) is 0 Å². The van der Waals surface area contributed by atoms with E-state index in [0.717, 1.165) is 0 Å². The highest BCUT2D eigenvalue weighted by Gasteiger charge is 2.48. The summed E-state index contributed by atoms with van der Waals surface area (Å²) in [5.41, 5.74) is 8.19. The largest absolute Gasteiger partial charge is 0.380 e. The van der Waals surface area contributed by atoms with Crippen LogP contribution in [-0.2, 0) is 11.3 Å². The monoisotopic (exact) mass is 368 g/mol. The molecule has 1 aromatic carbocycles. The van der Waals surface area contributed by atoms with E-state index < -0.39 is 11.5 Å². The Labute approximate surface area is 153 Å². The Morgan fingerprint density at radius 2 is 2.11 bits per heavy atom. The van der Waals surface area contributed by atoms with Crippen LogP contribution in [0.5, 0.6) is 0 Å². The summed E-state index contributed by atoms with van der Waals surface area (Å²) in [6.45, 7) is 0.166. The molecule has 0 radical (unpaired) electrons. The normalized spacial score (nSPS) is 15.7.